The Kier molecular flexibility index (Phi) is 6.14. The average molecular weight is 420 g/mol. The maximum Gasteiger partial charge on any atom is 0.337 e. The summed E-state index contributed by atoms with van der Waals surface area (Å²) in [5.74, 6) is -0.242. The molecule has 0 spiro atoms. The summed E-state index contributed by atoms with van der Waals surface area (Å²) >= 11 is 6.06. The number of hydrogen-bond acceptors (Lipinski definition) is 8. The number of nitrogens with zero attached hydrogens (tertiary/aromatic N) is 5. The van der Waals surface area contributed by atoms with Crippen LogP contribution in [0.5, 0.6) is 0 Å². The van der Waals surface area contributed by atoms with E-state index in [-0.39, 0.29) is 29.2 Å². The van der Waals surface area contributed by atoms with E-state index in [2.05, 4.69) is 30.9 Å². The van der Waals surface area contributed by atoms with E-state index in [9.17, 15) is 9.90 Å². The number of aliphatic hydroxyl groups excluding tert-OH is 1. The van der Waals surface area contributed by atoms with Crippen LogP contribution in [0.1, 0.15) is 31.1 Å². The molecule has 2 heterocycles. The van der Waals surface area contributed by atoms with Gasteiger partial charge in [0.15, 0.2) is 17.0 Å². The molecule has 0 amide bonds. The summed E-state index contributed by atoms with van der Waals surface area (Å²) in [4.78, 5) is 20.1. The van der Waals surface area contributed by atoms with Crippen LogP contribution in [0.2, 0.25) is 5.02 Å². The van der Waals surface area contributed by atoms with E-state index >= 15 is 0 Å². The molecular weight excluding hydrogens is 398 g/mol. The van der Waals surface area contributed by atoms with Crippen molar-refractivity contribution in [1.29, 1.82) is 0 Å². The SMILES string of the molecule is CCn1nnc2c(Nc3ccc(C(=O)O)c(Cl)c3)nc(NC(CO)C(C)C)nc21. The van der Waals surface area contributed by atoms with Crippen molar-refractivity contribution in [2.45, 2.75) is 33.4 Å². The molecule has 0 fully saturated rings. The number of fused-ring (bicyclic) bond motifs is 1. The molecule has 4 N–H and O–H groups in total. The molecule has 0 aliphatic rings. The van der Waals surface area contributed by atoms with Crippen molar-refractivity contribution in [3.8, 4) is 0 Å². The maximum absolute atomic E-state index is 11.2. The van der Waals surface area contributed by atoms with E-state index in [4.69, 9.17) is 16.7 Å². The van der Waals surface area contributed by atoms with E-state index in [0.717, 1.165) is 0 Å². The monoisotopic (exact) mass is 419 g/mol. The minimum Gasteiger partial charge on any atom is -0.478 e. The van der Waals surface area contributed by atoms with Crippen molar-refractivity contribution >= 4 is 46.2 Å². The van der Waals surface area contributed by atoms with Crippen molar-refractivity contribution < 1.29 is 15.0 Å². The van der Waals surface area contributed by atoms with Gasteiger partial charge >= 0.3 is 5.97 Å². The van der Waals surface area contributed by atoms with Gasteiger partial charge < -0.3 is 20.8 Å². The lowest BCUT2D eigenvalue weighted by Gasteiger charge is -2.20. The van der Waals surface area contributed by atoms with Crippen LogP contribution in [-0.2, 0) is 6.54 Å². The fourth-order valence-electron chi connectivity index (χ4n) is 2.71. The van der Waals surface area contributed by atoms with Crippen molar-refractivity contribution in [2.24, 2.45) is 5.92 Å². The Morgan fingerprint density at radius 1 is 1.31 bits per heavy atom. The largest absolute Gasteiger partial charge is 0.478 e. The fourth-order valence-corrected chi connectivity index (χ4v) is 2.97. The summed E-state index contributed by atoms with van der Waals surface area (Å²) in [6, 6.07) is 4.27. The lowest BCUT2D eigenvalue weighted by Crippen LogP contribution is -2.30. The molecule has 3 aromatic rings. The number of rotatable bonds is 8. The van der Waals surface area contributed by atoms with Gasteiger partial charge in [0.2, 0.25) is 5.95 Å². The standard InChI is InChI=1S/C18H22ClN7O3/c1-4-26-16-14(24-25-26)15(22-18(23-16)21-13(8-27)9(2)3)20-10-5-6-11(17(28)29)12(19)7-10/h5-7,9,13,27H,4,8H2,1-3H3,(H,28,29)(H2,20,21,22,23). The van der Waals surface area contributed by atoms with Gasteiger partial charge in [0.1, 0.15) is 0 Å². The highest BCUT2D eigenvalue weighted by Crippen LogP contribution is 2.27. The number of carbonyl (C=O) groups is 1. The van der Waals surface area contributed by atoms with Crippen LogP contribution in [0.4, 0.5) is 17.5 Å². The molecule has 0 saturated heterocycles. The molecule has 0 saturated carbocycles. The van der Waals surface area contributed by atoms with Gasteiger partial charge in [-0.2, -0.15) is 9.97 Å². The molecule has 1 unspecified atom stereocenters. The Morgan fingerprint density at radius 2 is 2.07 bits per heavy atom. The van der Waals surface area contributed by atoms with Gasteiger partial charge in [-0.1, -0.05) is 30.7 Å². The maximum atomic E-state index is 11.2. The molecule has 1 aromatic carbocycles. The van der Waals surface area contributed by atoms with Crippen LogP contribution in [0.3, 0.4) is 0 Å². The van der Waals surface area contributed by atoms with Crippen LogP contribution >= 0.6 is 11.6 Å². The lowest BCUT2D eigenvalue weighted by molar-refractivity contribution is 0.0697. The topological polar surface area (TPSA) is 138 Å². The first-order chi connectivity index (χ1) is 13.8. The molecule has 154 valence electrons. The third-order valence-corrected chi connectivity index (χ3v) is 4.75. The van der Waals surface area contributed by atoms with E-state index in [1.807, 2.05) is 20.8 Å². The smallest absolute Gasteiger partial charge is 0.337 e. The first kappa shape index (κ1) is 20.7. The molecule has 0 aliphatic heterocycles. The van der Waals surface area contributed by atoms with Gasteiger partial charge in [0.25, 0.3) is 0 Å². The van der Waals surface area contributed by atoms with Crippen molar-refractivity contribution in [2.75, 3.05) is 17.2 Å². The summed E-state index contributed by atoms with van der Waals surface area (Å²) in [6.45, 7) is 6.38. The zero-order chi connectivity index (χ0) is 21.1. The van der Waals surface area contributed by atoms with Gasteiger partial charge in [-0.15, -0.1) is 5.10 Å². The lowest BCUT2D eigenvalue weighted by atomic mass is 10.1. The van der Waals surface area contributed by atoms with Gasteiger partial charge in [-0.3, -0.25) is 0 Å². The van der Waals surface area contributed by atoms with Crippen LogP contribution in [-0.4, -0.2) is 53.8 Å². The molecule has 0 radical (unpaired) electrons. The minimum atomic E-state index is -1.10. The summed E-state index contributed by atoms with van der Waals surface area (Å²) in [5, 5.41) is 33.3. The van der Waals surface area contributed by atoms with Crippen molar-refractivity contribution in [1.82, 2.24) is 25.0 Å². The average Bonchev–Trinajstić information content (AvgIpc) is 3.09. The number of carboxylic acid groups (broad SMARTS) is 1. The number of aromatic nitrogens is 5. The zero-order valence-electron chi connectivity index (χ0n) is 16.2. The predicted molar refractivity (Wildman–Crippen MR) is 110 cm³/mol. The molecule has 0 aliphatic carbocycles. The first-order valence-electron chi connectivity index (χ1n) is 9.12. The molecule has 10 nitrogen and oxygen atoms in total. The van der Waals surface area contributed by atoms with E-state index in [1.165, 1.54) is 12.1 Å². The molecular formula is C18H22ClN7O3. The van der Waals surface area contributed by atoms with Gasteiger partial charge in [0, 0.05) is 12.2 Å². The van der Waals surface area contributed by atoms with Crippen LogP contribution in [0.15, 0.2) is 18.2 Å². The van der Waals surface area contributed by atoms with Gasteiger partial charge in [-0.05, 0) is 31.0 Å². The van der Waals surface area contributed by atoms with Crippen molar-refractivity contribution in [3.63, 3.8) is 0 Å². The highest BCUT2D eigenvalue weighted by atomic mass is 35.5. The second-order valence-corrected chi connectivity index (χ2v) is 7.18. The third kappa shape index (κ3) is 4.38. The van der Waals surface area contributed by atoms with Crippen molar-refractivity contribution in [3.05, 3.63) is 28.8 Å². The summed E-state index contributed by atoms with van der Waals surface area (Å²) in [6.07, 6.45) is 0. The number of aliphatic hydroxyl groups is 1. The Bertz CT molecular complexity index is 1040. The van der Waals surface area contributed by atoms with Gasteiger partial charge in [-0.25, -0.2) is 9.48 Å². The summed E-state index contributed by atoms with van der Waals surface area (Å²) in [5.41, 5.74) is 1.54. The van der Waals surface area contributed by atoms with Gasteiger partial charge in [0.05, 0.1) is 23.2 Å². The summed E-state index contributed by atoms with van der Waals surface area (Å²) < 4.78 is 1.64. The molecule has 2 aromatic heterocycles. The summed E-state index contributed by atoms with van der Waals surface area (Å²) in [7, 11) is 0. The molecule has 0 bridgehead atoms. The number of halogens is 1. The first-order valence-corrected chi connectivity index (χ1v) is 9.50. The van der Waals surface area contributed by atoms with Crippen LogP contribution in [0, 0.1) is 5.92 Å². The Hall–Kier alpha value is -2.98. The van der Waals surface area contributed by atoms with Crippen LogP contribution < -0.4 is 10.6 Å². The van der Waals surface area contributed by atoms with Crippen LogP contribution in [0.25, 0.3) is 11.2 Å². The number of aromatic carboxylic acids is 1. The number of hydrogen-bond donors (Lipinski definition) is 4. The predicted octanol–water partition coefficient (Wildman–Crippen LogP) is 2.77. The Labute approximate surface area is 171 Å². The zero-order valence-corrected chi connectivity index (χ0v) is 17.0. The Morgan fingerprint density at radius 3 is 2.66 bits per heavy atom. The number of nitrogens with one attached hydrogen (secondary N) is 2. The molecule has 1 atom stereocenters. The second kappa shape index (κ2) is 8.58. The normalized spacial score (nSPS) is 12.3. The van der Waals surface area contributed by atoms with E-state index in [0.29, 0.717) is 35.2 Å². The Balaban J connectivity index is 2.02. The van der Waals surface area contributed by atoms with E-state index in [1.54, 1.807) is 10.7 Å². The molecule has 29 heavy (non-hydrogen) atoms. The molecule has 3 rings (SSSR count). The quantitative estimate of drug-likeness (QED) is 0.434. The number of aryl methyl sites for hydroxylation is 1. The van der Waals surface area contributed by atoms with E-state index < -0.39 is 5.97 Å². The highest BCUT2D eigenvalue weighted by Gasteiger charge is 2.19. The second-order valence-electron chi connectivity index (χ2n) is 6.78. The fraction of sp³-hybridized carbons (Fsp3) is 0.389. The number of benzene rings is 1. The highest BCUT2D eigenvalue weighted by molar-refractivity contribution is 6.33. The molecule has 11 heteroatoms. The third-order valence-electron chi connectivity index (χ3n) is 4.44. The minimum absolute atomic E-state index is 0.00653. The number of anilines is 3. The number of carboxylic acids is 1.